The number of piperidine rings is 1. The van der Waals surface area contributed by atoms with Crippen LogP contribution >= 0.6 is 0 Å². The van der Waals surface area contributed by atoms with Crippen molar-refractivity contribution in [3.05, 3.63) is 59.9 Å². The lowest BCUT2D eigenvalue weighted by molar-refractivity contribution is -0.120. The van der Waals surface area contributed by atoms with Gasteiger partial charge in [0.2, 0.25) is 15.9 Å². The van der Waals surface area contributed by atoms with Crippen molar-refractivity contribution in [3.63, 3.8) is 0 Å². The summed E-state index contributed by atoms with van der Waals surface area (Å²) >= 11 is 0. The van der Waals surface area contributed by atoms with Crippen molar-refractivity contribution in [1.29, 1.82) is 0 Å². The number of benzene rings is 2. The molecule has 0 saturated carbocycles. The van der Waals surface area contributed by atoms with Crippen LogP contribution in [-0.4, -0.2) is 43.7 Å². The molecule has 2 N–H and O–H groups in total. The number of hydrogen-bond acceptors (Lipinski definition) is 4. The van der Waals surface area contributed by atoms with Gasteiger partial charge in [0, 0.05) is 36.3 Å². The Morgan fingerprint density at radius 3 is 2.13 bits per heavy atom. The fourth-order valence-corrected chi connectivity index (χ4v) is 4.88. The zero-order valence-electron chi connectivity index (χ0n) is 17.5. The molecule has 0 bridgehead atoms. The van der Waals surface area contributed by atoms with Crippen molar-refractivity contribution >= 4 is 27.5 Å². The molecule has 2 amide bonds. The quantitative estimate of drug-likeness (QED) is 0.712. The normalized spacial score (nSPS) is 15.6. The topological polar surface area (TPSA) is 95.6 Å². The van der Waals surface area contributed by atoms with Crippen molar-refractivity contribution in [2.75, 3.05) is 18.4 Å². The summed E-state index contributed by atoms with van der Waals surface area (Å²) in [7, 11) is -3.71. The molecule has 9 heteroatoms. The number of nitrogens with one attached hydrogen (secondary N) is 2. The molecular weight excluding hydrogens is 421 g/mol. The number of halogens is 1. The summed E-state index contributed by atoms with van der Waals surface area (Å²) in [6.45, 7) is 4.18. The summed E-state index contributed by atoms with van der Waals surface area (Å²) in [6.07, 6.45) is 0.780. The van der Waals surface area contributed by atoms with E-state index < -0.39 is 15.8 Å². The third-order valence-corrected chi connectivity index (χ3v) is 7.02. The van der Waals surface area contributed by atoms with Crippen LogP contribution in [0, 0.1) is 11.7 Å². The fraction of sp³-hybridized carbons (Fsp3) is 0.364. The number of carbonyl (C=O) groups excluding carboxylic acids is 2. The Morgan fingerprint density at radius 1 is 1.00 bits per heavy atom. The molecule has 7 nitrogen and oxygen atoms in total. The molecule has 166 valence electrons. The molecule has 0 aliphatic carbocycles. The average Bonchev–Trinajstić information content (AvgIpc) is 2.74. The van der Waals surface area contributed by atoms with Crippen molar-refractivity contribution in [2.24, 2.45) is 5.92 Å². The van der Waals surface area contributed by atoms with Crippen LogP contribution in [0.3, 0.4) is 0 Å². The molecule has 1 heterocycles. The first-order valence-electron chi connectivity index (χ1n) is 10.1. The van der Waals surface area contributed by atoms with Crippen molar-refractivity contribution in [2.45, 2.75) is 37.6 Å². The second-order valence-corrected chi connectivity index (χ2v) is 9.76. The minimum atomic E-state index is -3.71. The summed E-state index contributed by atoms with van der Waals surface area (Å²) < 4.78 is 39.8. The highest BCUT2D eigenvalue weighted by Crippen LogP contribution is 2.25. The van der Waals surface area contributed by atoms with E-state index in [1.54, 1.807) is 24.3 Å². The van der Waals surface area contributed by atoms with Crippen LogP contribution in [0.15, 0.2) is 53.4 Å². The molecule has 1 aliphatic heterocycles. The van der Waals surface area contributed by atoms with Crippen LogP contribution in [0.5, 0.6) is 0 Å². The number of rotatable bonds is 6. The smallest absolute Gasteiger partial charge is 0.251 e. The van der Waals surface area contributed by atoms with Crippen LogP contribution in [0.2, 0.25) is 0 Å². The van der Waals surface area contributed by atoms with E-state index in [1.807, 2.05) is 13.8 Å². The SMILES string of the molecule is CC(C)NC(=O)c1ccc(NC(=O)C2CCN(S(=O)(=O)c3ccc(F)cc3)CC2)cc1. The minimum absolute atomic E-state index is 0.0321. The Balaban J connectivity index is 1.55. The summed E-state index contributed by atoms with van der Waals surface area (Å²) in [5, 5.41) is 5.63. The molecule has 0 radical (unpaired) electrons. The second kappa shape index (κ2) is 9.57. The van der Waals surface area contributed by atoms with Gasteiger partial charge in [0.1, 0.15) is 5.82 Å². The molecule has 3 rings (SSSR count). The highest BCUT2D eigenvalue weighted by atomic mass is 32.2. The Bertz CT molecular complexity index is 1030. The van der Waals surface area contributed by atoms with E-state index >= 15 is 0 Å². The van der Waals surface area contributed by atoms with Gasteiger partial charge in [-0.15, -0.1) is 0 Å². The summed E-state index contributed by atoms with van der Waals surface area (Å²) in [4.78, 5) is 24.6. The lowest BCUT2D eigenvalue weighted by Gasteiger charge is -2.30. The highest BCUT2D eigenvalue weighted by Gasteiger charge is 2.32. The Kier molecular flexibility index (Phi) is 7.07. The summed E-state index contributed by atoms with van der Waals surface area (Å²) in [5.74, 6) is -1.17. The lowest BCUT2D eigenvalue weighted by Crippen LogP contribution is -2.41. The molecule has 0 aromatic heterocycles. The number of nitrogens with zero attached hydrogens (tertiary/aromatic N) is 1. The van der Waals surface area contributed by atoms with Gasteiger partial charge in [-0.05, 0) is 75.2 Å². The van der Waals surface area contributed by atoms with E-state index in [-0.39, 0.29) is 41.8 Å². The largest absolute Gasteiger partial charge is 0.350 e. The first-order valence-corrected chi connectivity index (χ1v) is 11.6. The highest BCUT2D eigenvalue weighted by molar-refractivity contribution is 7.89. The molecule has 1 aliphatic rings. The number of sulfonamides is 1. The molecular formula is C22H26FN3O4S. The van der Waals surface area contributed by atoms with Gasteiger partial charge in [-0.25, -0.2) is 12.8 Å². The average molecular weight is 448 g/mol. The van der Waals surface area contributed by atoms with Gasteiger partial charge in [-0.3, -0.25) is 9.59 Å². The monoisotopic (exact) mass is 447 g/mol. The third-order valence-electron chi connectivity index (χ3n) is 5.11. The van der Waals surface area contributed by atoms with Gasteiger partial charge in [-0.2, -0.15) is 4.31 Å². The molecule has 31 heavy (non-hydrogen) atoms. The zero-order valence-corrected chi connectivity index (χ0v) is 18.3. The van der Waals surface area contributed by atoms with Crippen LogP contribution in [0.1, 0.15) is 37.0 Å². The van der Waals surface area contributed by atoms with Gasteiger partial charge in [0.05, 0.1) is 4.90 Å². The maximum atomic E-state index is 13.1. The molecule has 1 fully saturated rings. The predicted molar refractivity (Wildman–Crippen MR) is 116 cm³/mol. The van der Waals surface area contributed by atoms with Gasteiger partial charge < -0.3 is 10.6 Å². The van der Waals surface area contributed by atoms with Crippen LogP contribution < -0.4 is 10.6 Å². The zero-order chi connectivity index (χ0) is 22.6. The Labute approximate surface area is 181 Å². The maximum absolute atomic E-state index is 13.1. The lowest BCUT2D eigenvalue weighted by atomic mass is 9.97. The fourth-order valence-electron chi connectivity index (χ4n) is 3.41. The molecule has 1 saturated heterocycles. The summed E-state index contributed by atoms with van der Waals surface area (Å²) in [5.41, 5.74) is 1.08. The van der Waals surface area contributed by atoms with Crippen LogP contribution in [0.25, 0.3) is 0 Å². The number of anilines is 1. The van der Waals surface area contributed by atoms with Crippen LogP contribution in [0.4, 0.5) is 10.1 Å². The minimum Gasteiger partial charge on any atom is -0.350 e. The van der Waals surface area contributed by atoms with Crippen molar-refractivity contribution < 1.29 is 22.4 Å². The van der Waals surface area contributed by atoms with Crippen molar-refractivity contribution in [3.8, 4) is 0 Å². The van der Waals surface area contributed by atoms with Gasteiger partial charge >= 0.3 is 0 Å². The number of carbonyl (C=O) groups is 2. The van der Waals surface area contributed by atoms with Crippen molar-refractivity contribution in [1.82, 2.24) is 9.62 Å². The first-order chi connectivity index (χ1) is 14.7. The Hall–Kier alpha value is -2.78. The number of amides is 2. The standard InChI is InChI=1S/C22H26FN3O4S/c1-15(2)24-21(27)16-3-7-19(8-4-16)25-22(28)17-11-13-26(14-12-17)31(29,30)20-9-5-18(23)6-10-20/h3-10,15,17H,11-14H2,1-2H3,(H,24,27)(H,25,28). The van der Waals surface area contributed by atoms with E-state index in [0.717, 1.165) is 12.1 Å². The van der Waals surface area contributed by atoms with Crippen LogP contribution in [-0.2, 0) is 14.8 Å². The van der Waals surface area contributed by atoms with E-state index in [2.05, 4.69) is 10.6 Å². The molecule has 0 atom stereocenters. The van der Waals surface area contributed by atoms with E-state index in [9.17, 15) is 22.4 Å². The van der Waals surface area contributed by atoms with E-state index in [0.29, 0.717) is 24.1 Å². The van der Waals surface area contributed by atoms with Gasteiger partial charge in [0.25, 0.3) is 5.91 Å². The molecule has 0 unspecified atom stereocenters. The van der Waals surface area contributed by atoms with E-state index in [1.165, 1.54) is 16.4 Å². The molecule has 0 spiro atoms. The van der Waals surface area contributed by atoms with Gasteiger partial charge in [0.15, 0.2) is 0 Å². The Morgan fingerprint density at radius 2 is 1.58 bits per heavy atom. The number of hydrogen-bond donors (Lipinski definition) is 2. The summed E-state index contributed by atoms with van der Waals surface area (Å²) in [6, 6.07) is 11.4. The predicted octanol–water partition coefficient (Wildman–Crippen LogP) is 3.00. The second-order valence-electron chi connectivity index (χ2n) is 7.83. The maximum Gasteiger partial charge on any atom is 0.251 e. The van der Waals surface area contributed by atoms with E-state index in [4.69, 9.17) is 0 Å². The molecule has 2 aromatic rings. The third kappa shape index (κ3) is 5.68. The molecule has 2 aromatic carbocycles. The first kappa shape index (κ1) is 22.9. The van der Waals surface area contributed by atoms with Gasteiger partial charge in [-0.1, -0.05) is 0 Å².